The Kier molecular flexibility index (Phi) is 2.82. The highest BCUT2D eigenvalue weighted by Gasteiger charge is 2.42. The molecule has 0 saturated carbocycles. The summed E-state index contributed by atoms with van der Waals surface area (Å²) in [6, 6.07) is 0. The van der Waals surface area contributed by atoms with E-state index in [1.165, 1.54) is 12.7 Å². The molecule has 0 amide bonds. The summed E-state index contributed by atoms with van der Waals surface area (Å²) < 4.78 is 4.78. The van der Waals surface area contributed by atoms with Gasteiger partial charge in [0.25, 0.3) is 0 Å². The van der Waals surface area contributed by atoms with Crippen molar-refractivity contribution in [3.05, 3.63) is 11.1 Å². The number of methoxy groups -OCH3 is 1. The molecule has 0 aromatic heterocycles. The number of hydrogen-bond donors (Lipinski definition) is 1. The van der Waals surface area contributed by atoms with Crippen molar-refractivity contribution in [2.24, 2.45) is 11.3 Å². The molecule has 2 aliphatic carbocycles. The fraction of sp³-hybridized carbons (Fsp3) is 0.769. The van der Waals surface area contributed by atoms with E-state index in [4.69, 9.17) is 4.74 Å². The van der Waals surface area contributed by atoms with Gasteiger partial charge in [-0.3, -0.25) is 4.79 Å². The summed E-state index contributed by atoms with van der Waals surface area (Å²) in [6.45, 7) is 4.17. The molecule has 0 aromatic carbocycles. The fourth-order valence-corrected chi connectivity index (χ4v) is 3.01. The lowest BCUT2D eigenvalue weighted by Gasteiger charge is -2.26. The van der Waals surface area contributed by atoms with Crippen molar-refractivity contribution in [1.82, 2.24) is 0 Å². The van der Waals surface area contributed by atoms with E-state index in [0.29, 0.717) is 6.42 Å². The van der Waals surface area contributed by atoms with Gasteiger partial charge in [-0.1, -0.05) is 19.4 Å². The summed E-state index contributed by atoms with van der Waals surface area (Å²) in [5.74, 6) is -0.184. The molecule has 3 nitrogen and oxygen atoms in total. The first kappa shape index (κ1) is 11.6. The molecule has 0 radical (unpaired) electrons. The standard InChI is InChI=1S/C13H20O3/c1-13(2)7-9-5-4-8(12(15)16-3)6-10(9)11(13)14/h8,11,14H,4-7H2,1-3H3/t8-,11?/m1/s1. The van der Waals surface area contributed by atoms with Gasteiger partial charge in [-0.15, -0.1) is 0 Å². The number of hydrogen-bond acceptors (Lipinski definition) is 3. The van der Waals surface area contributed by atoms with Crippen molar-refractivity contribution in [2.45, 2.75) is 45.6 Å². The molecule has 3 heteroatoms. The largest absolute Gasteiger partial charge is 0.469 e. The zero-order valence-corrected chi connectivity index (χ0v) is 10.2. The molecule has 0 heterocycles. The molecule has 2 rings (SSSR count). The van der Waals surface area contributed by atoms with Gasteiger partial charge in [0.15, 0.2) is 0 Å². The van der Waals surface area contributed by atoms with Crippen molar-refractivity contribution in [3.8, 4) is 0 Å². The molecule has 16 heavy (non-hydrogen) atoms. The predicted octanol–water partition coefficient (Wildman–Crippen LogP) is 2.05. The maximum atomic E-state index is 11.5. The molecule has 2 atom stereocenters. The molecule has 0 spiro atoms. The van der Waals surface area contributed by atoms with E-state index in [2.05, 4.69) is 13.8 Å². The third-order valence-electron chi connectivity index (χ3n) is 3.99. The third kappa shape index (κ3) is 1.77. The topological polar surface area (TPSA) is 46.5 Å². The number of carbonyl (C=O) groups excluding carboxylic acids is 1. The van der Waals surface area contributed by atoms with Crippen LogP contribution in [0.4, 0.5) is 0 Å². The zero-order valence-electron chi connectivity index (χ0n) is 10.2. The van der Waals surface area contributed by atoms with Crippen LogP contribution in [-0.2, 0) is 9.53 Å². The average Bonchev–Trinajstić information content (AvgIpc) is 2.48. The Morgan fingerprint density at radius 2 is 2.19 bits per heavy atom. The minimum absolute atomic E-state index is 0.0488. The molecule has 2 aliphatic rings. The van der Waals surface area contributed by atoms with E-state index < -0.39 is 0 Å². The maximum absolute atomic E-state index is 11.5. The highest BCUT2D eigenvalue weighted by molar-refractivity contribution is 5.73. The van der Waals surface area contributed by atoms with Gasteiger partial charge in [0, 0.05) is 0 Å². The SMILES string of the molecule is COC(=O)[C@@H]1CCC2=C(C1)C(O)C(C)(C)C2. The lowest BCUT2D eigenvalue weighted by Crippen LogP contribution is -2.28. The Hall–Kier alpha value is -0.830. The number of carbonyl (C=O) groups is 1. The summed E-state index contributed by atoms with van der Waals surface area (Å²) in [5, 5.41) is 10.2. The zero-order chi connectivity index (χ0) is 11.9. The summed E-state index contributed by atoms with van der Waals surface area (Å²) in [7, 11) is 1.43. The van der Waals surface area contributed by atoms with Crippen molar-refractivity contribution in [1.29, 1.82) is 0 Å². The normalized spacial score (nSPS) is 32.5. The summed E-state index contributed by atoms with van der Waals surface area (Å²) >= 11 is 0. The predicted molar refractivity (Wildman–Crippen MR) is 60.8 cm³/mol. The van der Waals surface area contributed by atoms with E-state index in [0.717, 1.165) is 24.8 Å². The minimum atomic E-state index is -0.380. The van der Waals surface area contributed by atoms with Crippen molar-refractivity contribution < 1.29 is 14.6 Å². The smallest absolute Gasteiger partial charge is 0.308 e. The molecule has 0 bridgehead atoms. The van der Waals surface area contributed by atoms with Gasteiger partial charge in [0.2, 0.25) is 0 Å². The Morgan fingerprint density at radius 1 is 1.50 bits per heavy atom. The number of allylic oxidation sites excluding steroid dienone is 1. The first-order valence-corrected chi connectivity index (χ1v) is 5.92. The summed E-state index contributed by atoms with van der Waals surface area (Å²) in [4.78, 5) is 11.5. The molecule has 0 aliphatic heterocycles. The van der Waals surface area contributed by atoms with Crippen molar-refractivity contribution in [3.63, 3.8) is 0 Å². The summed E-state index contributed by atoms with van der Waals surface area (Å²) in [5.41, 5.74) is 2.42. The van der Waals surface area contributed by atoms with E-state index >= 15 is 0 Å². The first-order valence-electron chi connectivity index (χ1n) is 5.92. The minimum Gasteiger partial charge on any atom is -0.469 e. The number of aliphatic hydroxyl groups excluding tert-OH is 1. The lowest BCUT2D eigenvalue weighted by atomic mass is 9.83. The van der Waals surface area contributed by atoms with Gasteiger partial charge >= 0.3 is 5.97 Å². The van der Waals surface area contributed by atoms with Crippen molar-refractivity contribution >= 4 is 5.97 Å². The second-order valence-corrected chi connectivity index (χ2v) is 5.66. The van der Waals surface area contributed by atoms with Crippen LogP contribution in [0, 0.1) is 11.3 Å². The second kappa shape index (κ2) is 3.88. The maximum Gasteiger partial charge on any atom is 0.308 e. The van der Waals surface area contributed by atoms with Crippen LogP contribution < -0.4 is 0 Å². The Balaban J connectivity index is 2.15. The highest BCUT2D eigenvalue weighted by Crippen LogP contribution is 2.48. The van der Waals surface area contributed by atoms with Crippen LogP contribution in [0.2, 0.25) is 0 Å². The van der Waals surface area contributed by atoms with Gasteiger partial charge in [0.05, 0.1) is 19.1 Å². The second-order valence-electron chi connectivity index (χ2n) is 5.66. The van der Waals surface area contributed by atoms with Crippen LogP contribution in [0.15, 0.2) is 11.1 Å². The number of rotatable bonds is 1. The monoisotopic (exact) mass is 224 g/mol. The van der Waals surface area contributed by atoms with E-state index in [1.54, 1.807) is 0 Å². The molecule has 1 unspecified atom stereocenters. The van der Waals surface area contributed by atoms with Crippen LogP contribution in [0.3, 0.4) is 0 Å². The molecular weight excluding hydrogens is 204 g/mol. The molecule has 0 aromatic rings. The Labute approximate surface area is 96.5 Å². The molecule has 90 valence electrons. The average molecular weight is 224 g/mol. The van der Waals surface area contributed by atoms with Gasteiger partial charge in [-0.25, -0.2) is 0 Å². The quantitative estimate of drug-likeness (QED) is 0.547. The Bertz CT molecular complexity index is 341. The highest BCUT2D eigenvalue weighted by atomic mass is 16.5. The number of ether oxygens (including phenoxy) is 1. The van der Waals surface area contributed by atoms with Crippen LogP contribution in [0.25, 0.3) is 0 Å². The first-order chi connectivity index (χ1) is 7.45. The van der Waals surface area contributed by atoms with E-state index in [-0.39, 0.29) is 23.4 Å². The van der Waals surface area contributed by atoms with Gasteiger partial charge in [-0.05, 0) is 36.7 Å². The molecule has 0 saturated heterocycles. The van der Waals surface area contributed by atoms with Crippen LogP contribution in [0.5, 0.6) is 0 Å². The number of esters is 1. The molecule has 1 N–H and O–H groups in total. The summed E-state index contributed by atoms with van der Waals surface area (Å²) in [6.07, 6.45) is 3.09. The number of aliphatic hydroxyl groups is 1. The van der Waals surface area contributed by atoms with Crippen molar-refractivity contribution in [2.75, 3.05) is 7.11 Å². The van der Waals surface area contributed by atoms with Gasteiger partial charge < -0.3 is 9.84 Å². The lowest BCUT2D eigenvalue weighted by molar-refractivity contribution is -0.145. The molecular formula is C13H20O3. The van der Waals surface area contributed by atoms with Crippen LogP contribution in [-0.4, -0.2) is 24.3 Å². The van der Waals surface area contributed by atoms with Crippen LogP contribution in [0.1, 0.15) is 39.5 Å². The van der Waals surface area contributed by atoms with Gasteiger partial charge in [-0.2, -0.15) is 0 Å². The van der Waals surface area contributed by atoms with E-state index in [1.807, 2.05) is 0 Å². The van der Waals surface area contributed by atoms with Crippen LogP contribution >= 0.6 is 0 Å². The molecule has 0 fully saturated rings. The Morgan fingerprint density at radius 3 is 2.81 bits per heavy atom. The third-order valence-corrected chi connectivity index (χ3v) is 3.99. The van der Waals surface area contributed by atoms with Gasteiger partial charge in [0.1, 0.15) is 0 Å². The fourth-order valence-electron chi connectivity index (χ4n) is 3.01. The van der Waals surface area contributed by atoms with E-state index in [9.17, 15) is 9.90 Å².